The number of unbranched alkanes of at least 4 members (excludes halogenated alkanes) is 2. The van der Waals surface area contributed by atoms with Gasteiger partial charge in [0.05, 0.1) is 55.3 Å². The maximum absolute atomic E-state index is 15.1. The number of nitrogens with one attached hydrogen (secondary N) is 7. The number of imide groups is 1. The number of aliphatic hydroxyl groups is 6. The van der Waals surface area contributed by atoms with E-state index in [4.69, 9.17) is 19.6 Å². The van der Waals surface area contributed by atoms with Gasteiger partial charge in [-0.1, -0.05) is 49.6 Å². The SMILES string of the molecule is Cc1cc2c(CNC(=O)COCNC(=O)CNC(=O)[C@H](Cc3ccccc3)NC(=O)CNC(=O)CNC(=O)CC[C@H](NC(=O)CCCCCN3C(=O)C=CC3=O)C(=O)N(C)C[C@H](O)[C@@H](O)[C@H](O)[C@H](O)CO)c3c(nc2cc1F)-c1cc2c(c(=O)n1C3)COC(=O)[C@]2(O)CC1CC1. The summed E-state index contributed by atoms with van der Waals surface area (Å²) in [5.74, 6) is -8.35. The number of amides is 10. The van der Waals surface area contributed by atoms with Crippen LogP contribution in [0.2, 0.25) is 0 Å². The molecule has 96 heavy (non-hydrogen) atoms. The molecule has 7 atom stereocenters. The summed E-state index contributed by atoms with van der Waals surface area (Å²) >= 11 is 0. The molecule has 0 radical (unpaired) electrons. The zero-order valence-corrected chi connectivity index (χ0v) is 52.7. The van der Waals surface area contributed by atoms with E-state index < -0.39 is 171 Å². The number of benzene rings is 2. The van der Waals surface area contributed by atoms with Crippen molar-refractivity contribution >= 4 is 75.9 Å². The van der Waals surface area contributed by atoms with Gasteiger partial charge in [0.1, 0.15) is 62.3 Å². The summed E-state index contributed by atoms with van der Waals surface area (Å²) in [6, 6.07) is 10.2. The van der Waals surface area contributed by atoms with E-state index in [1.807, 2.05) is 0 Å². The lowest BCUT2D eigenvalue weighted by Gasteiger charge is -2.32. The molecule has 516 valence electrons. The Morgan fingerprint density at radius 3 is 2.15 bits per heavy atom. The zero-order valence-electron chi connectivity index (χ0n) is 52.7. The highest BCUT2D eigenvalue weighted by Crippen LogP contribution is 2.46. The number of halogens is 1. The van der Waals surface area contributed by atoms with Gasteiger partial charge in [0, 0.05) is 80.7 Å². The van der Waals surface area contributed by atoms with E-state index in [0.717, 1.165) is 34.8 Å². The Morgan fingerprint density at radius 1 is 0.771 bits per heavy atom. The number of hydrogen-bond acceptors (Lipinski definition) is 21. The van der Waals surface area contributed by atoms with Crippen molar-refractivity contribution in [1.82, 2.24) is 56.6 Å². The molecule has 4 aromatic rings. The van der Waals surface area contributed by atoms with Crippen molar-refractivity contribution in [2.24, 2.45) is 5.92 Å². The minimum absolute atomic E-state index is 0.00416. The van der Waals surface area contributed by atoms with Crippen molar-refractivity contribution in [3.8, 4) is 11.4 Å². The van der Waals surface area contributed by atoms with Crippen LogP contribution in [0.4, 0.5) is 4.39 Å². The van der Waals surface area contributed by atoms with Crippen molar-refractivity contribution in [1.29, 1.82) is 0 Å². The van der Waals surface area contributed by atoms with Crippen LogP contribution >= 0.6 is 0 Å². The summed E-state index contributed by atoms with van der Waals surface area (Å²) in [4.78, 5) is 163. The highest BCUT2D eigenvalue weighted by Gasteiger charge is 2.50. The standard InChI is InChI=1S/C64H78FN11O20/c1-34-19-37-38(39-28-76-46(57(39)73-44(37)22-42(34)65)21-41-40(61(76)91)31-96-63(93)64(41,94)23-36-12-13-36)24-66-54(85)32-95-33-70-52(83)26-69-60(90)45(20-35-9-5-3-6-10-35)72-53(84)27-68-51(82)25-67-49(80)15-14-43(62(92)74(2)29-47(78)58(88)59(89)48(79)30-77)71-50(81)11-7-4-8-18-75-55(86)16-17-56(75)87/h3,5-6,9-10,16-17,19,21-22,36,43,45,47-48,58-59,77-79,88-89,94H,4,7-8,11-15,18,20,23-33H2,1-2H3,(H,66,85)(H,67,80)(H,68,82)(H,69,90)(H,70,83)(H,71,81)(H,72,84)/t43-,45-,47-,48+,58+,59+,64-/m0/s1. The van der Waals surface area contributed by atoms with Gasteiger partial charge in [-0.2, -0.15) is 0 Å². The molecule has 3 aliphatic heterocycles. The second-order valence-corrected chi connectivity index (χ2v) is 24.0. The number of pyridine rings is 2. The van der Waals surface area contributed by atoms with Gasteiger partial charge in [-0.05, 0) is 67.3 Å². The van der Waals surface area contributed by atoms with Gasteiger partial charge in [0.25, 0.3) is 17.4 Å². The van der Waals surface area contributed by atoms with Crippen LogP contribution in [-0.4, -0.2) is 211 Å². The molecule has 4 aliphatic rings. The zero-order chi connectivity index (χ0) is 69.5. The first kappa shape index (κ1) is 72.4. The van der Waals surface area contributed by atoms with Crippen molar-refractivity contribution < 1.29 is 97.2 Å². The topological polar surface area (TPSA) is 453 Å². The lowest BCUT2D eigenvalue weighted by Crippen LogP contribution is -2.53. The van der Waals surface area contributed by atoms with Crippen LogP contribution in [0, 0.1) is 18.7 Å². The molecule has 5 heterocycles. The number of aryl methyl sites for hydroxylation is 1. The van der Waals surface area contributed by atoms with Crippen molar-refractivity contribution in [2.45, 2.75) is 133 Å². The second-order valence-electron chi connectivity index (χ2n) is 24.0. The summed E-state index contributed by atoms with van der Waals surface area (Å²) < 4.78 is 27.2. The Kier molecular flexibility index (Phi) is 24.7. The van der Waals surface area contributed by atoms with Crippen molar-refractivity contribution in [3.63, 3.8) is 0 Å². The first-order valence-electron chi connectivity index (χ1n) is 31.2. The molecule has 2 aromatic carbocycles. The number of aliphatic hydroxyl groups excluding tert-OH is 5. The van der Waals surface area contributed by atoms with Crippen LogP contribution in [0.25, 0.3) is 22.3 Å². The van der Waals surface area contributed by atoms with E-state index >= 15 is 4.39 Å². The van der Waals surface area contributed by atoms with Crippen LogP contribution in [0.1, 0.15) is 91.2 Å². The van der Waals surface area contributed by atoms with Gasteiger partial charge in [-0.3, -0.25) is 57.6 Å². The number of esters is 1. The Balaban J connectivity index is 0.780. The van der Waals surface area contributed by atoms with Crippen LogP contribution in [0.15, 0.2) is 65.5 Å². The largest absolute Gasteiger partial charge is 0.458 e. The Hall–Kier alpha value is -9.44. The van der Waals surface area contributed by atoms with Gasteiger partial charge in [-0.25, -0.2) is 14.2 Å². The van der Waals surface area contributed by atoms with Crippen molar-refractivity contribution in [3.05, 3.63) is 110 Å². The predicted molar refractivity (Wildman–Crippen MR) is 332 cm³/mol. The average molecular weight is 1340 g/mol. The maximum atomic E-state index is 15.1. The summed E-state index contributed by atoms with van der Waals surface area (Å²) in [5, 5.41) is 79.2. The van der Waals surface area contributed by atoms with E-state index in [0.29, 0.717) is 51.9 Å². The monoisotopic (exact) mass is 1340 g/mol. The molecule has 1 fully saturated rings. The fraction of sp³-hybridized carbons (Fsp3) is 0.484. The first-order chi connectivity index (χ1) is 45.8. The molecule has 10 amide bonds. The summed E-state index contributed by atoms with van der Waals surface area (Å²) in [6.45, 7) is -3.36. The molecule has 1 aliphatic carbocycles. The molecule has 13 N–H and O–H groups in total. The molecule has 0 saturated heterocycles. The number of nitrogens with zero attached hydrogens (tertiary/aromatic N) is 4. The van der Waals surface area contributed by atoms with Crippen LogP contribution < -0.4 is 42.8 Å². The number of carbonyl (C=O) groups is 11. The Bertz CT molecular complexity index is 3720. The van der Waals surface area contributed by atoms with E-state index in [9.17, 15) is 83.1 Å². The number of carbonyl (C=O) groups excluding carboxylic acids is 11. The third kappa shape index (κ3) is 18.5. The molecule has 32 heteroatoms. The number of rotatable bonds is 35. The Labute approximate surface area is 548 Å². The van der Waals surface area contributed by atoms with E-state index in [1.54, 1.807) is 49.4 Å². The van der Waals surface area contributed by atoms with E-state index in [1.165, 1.54) is 17.7 Å². The van der Waals surface area contributed by atoms with Crippen LogP contribution in [0.3, 0.4) is 0 Å². The molecular formula is C64H78FN11O20. The summed E-state index contributed by atoms with van der Waals surface area (Å²) in [7, 11) is 1.19. The number of likely N-dealkylation sites (N-methyl/N-ethyl adjacent to an activating group) is 1. The van der Waals surface area contributed by atoms with Gasteiger partial charge in [0.15, 0.2) is 5.60 Å². The minimum atomic E-state index is -2.04. The van der Waals surface area contributed by atoms with Gasteiger partial charge in [-0.15, -0.1) is 0 Å². The number of cyclic esters (lactones) is 1. The highest BCUT2D eigenvalue weighted by atomic mass is 19.1. The average Bonchev–Trinajstić information content (AvgIpc) is 1.42. The number of ether oxygens (including phenoxy) is 2. The molecule has 0 unspecified atom stereocenters. The lowest BCUT2D eigenvalue weighted by molar-refractivity contribution is -0.173. The number of aromatic nitrogens is 2. The molecule has 2 aromatic heterocycles. The fourth-order valence-electron chi connectivity index (χ4n) is 11.3. The molecule has 0 bridgehead atoms. The molecular weight excluding hydrogens is 1260 g/mol. The van der Waals surface area contributed by atoms with Crippen molar-refractivity contribution in [2.75, 3.05) is 59.7 Å². The fourth-order valence-corrected chi connectivity index (χ4v) is 11.3. The lowest BCUT2D eigenvalue weighted by atomic mass is 9.84. The third-order valence-corrected chi connectivity index (χ3v) is 16.8. The first-order valence-corrected chi connectivity index (χ1v) is 31.2. The van der Waals surface area contributed by atoms with Gasteiger partial charge < -0.3 is 86.8 Å². The van der Waals surface area contributed by atoms with Crippen LogP contribution in [-0.2, 0) is 93.9 Å². The third-order valence-electron chi connectivity index (χ3n) is 16.8. The van der Waals surface area contributed by atoms with Gasteiger partial charge in [0.2, 0.25) is 47.3 Å². The highest BCUT2D eigenvalue weighted by molar-refractivity contribution is 6.12. The van der Waals surface area contributed by atoms with E-state index in [-0.39, 0.29) is 80.9 Å². The molecule has 31 nitrogen and oxygen atoms in total. The predicted octanol–water partition coefficient (Wildman–Crippen LogP) is -3.66. The van der Waals surface area contributed by atoms with E-state index in [2.05, 4.69) is 37.2 Å². The smallest absolute Gasteiger partial charge is 0.343 e. The minimum Gasteiger partial charge on any atom is -0.458 e. The number of fused-ring (bicyclic) bond motifs is 5. The molecule has 0 spiro atoms. The normalized spacial score (nSPS) is 17.2. The van der Waals surface area contributed by atoms with Crippen LogP contribution in [0.5, 0.6) is 0 Å². The summed E-state index contributed by atoms with van der Waals surface area (Å²) in [5.41, 5.74) is 0.545. The second kappa shape index (κ2) is 32.8. The Morgan fingerprint density at radius 2 is 1.44 bits per heavy atom. The van der Waals surface area contributed by atoms with Gasteiger partial charge >= 0.3 is 5.97 Å². The molecule has 8 rings (SSSR count). The quantitative estimate of drug-likeness (QED) is 0.00805. The summed E-state index contributed by atoms with van der Waals surface area (Å²) in [6.07, 6.45) is -3.60. The maximum Gasteiger partial charge on any atom is 0.343 e. The molecule has 1 saturated carbocycles. The number of hydrogen-bond donors (Lipinski definition) is 13.